The Hall–Kier alpha value is -1.00. The average Bonchev–Trinajstić information content (AvgIpc) is 3.09. The van der Waals surface area contributed by atoms with Crippen molar-refractivity contribution in [1.82, 2.24) is 10.2 Å². The van der Waals surface area contributed by atoms with E-state index in [9.17, 15) is 4.79 Å². The van der Waals surface area contributed by atoms with E-state index in [1.54, 1.807) is 0 Å². The molecule has 0 spiro atoms. The van der Waals surface area contributed by atoms with Gasteiger partial charge in [0.25, 0.3) is 0 Å². The minimum atomic E-state index is -0.156. The molecule has 1 aliphatic heterocycles. The fourth-order valence-electron chi connectivity index (χ4n) is 3.38. The van der Waals surface area contributed by atoms with Crippen LogP contribution < -0.4 is 5.32 Å². The molecule has 0 bridgehead atoms. The zero-order valence-electron chi connectivity index (χ0n) is 12.0. The van der Waals surface area contributed by atoms with Crippen molar-refractivity contribution in [2.75, 3.05) is 19.5 Å². The van der Waals surface area contributed by atoms with Crippen LogP contribution in [-0.2, 0) is 4.79 Å². The summed E-state index contributed by atoms with van der Waals surface area (Å²) in [6.45, 7) is 1.57. The fourth-order valence-corrected chi connectivity index (χ4v) is 4.36. The molecule has 1 N–H and O–H groups in total. The third-order valence-corrected chi connectivity index (χ3v) is 6.01. The molecule has 1 aromatic rings. The Morgan fingerprint density at radius 3 is 2.65 bits per heavy atom. The Balaban J connectivity index is 1.70. The van der Waals surface area contributed by atoms with Gasteiger partial charge in [0.15, 0.2) is 0 Å². The summed E-state index contributed by atoms with van der Waals surface area (Å²) < 4.78 is 0.295. The molecule has 1 unspecified atom stereocenters. The summed E-state index contributed by atoms with van der Waals surface area (Å²) in [5.74, 6) is 0.233. The summed E-state index contributed by atoms with van der Waals surface area (Å²) in [5.41, 5.74) is 1.07. The molecular formula is C16H22N2OS. The third kappa shape index (κ3) is 2.59. The second-order valence-electron chi connectivity index (χ2n) is 5.84. The number of hydrogen-bond donors (Lipinski definition) is 1. The van der Waals surface area contributed by atoms with Crippen LogP contribution >= 0.6 is 11.8 Å². The van der Waals surface area contributed by atoms with Gasteiger partial charge in [0.2, 0.25) is 5.91 Å². The summed E-state index contributed by atoms with van der Waals surface area (Å²) in [6.07, 6.45) is 7.28. The van der Waals surface area contributed by atoms with E-state index < -0.39 is 0 Å². The summed E-state index contributed by atoms with van der Waals surface area (Å²) in [5, 5.41) is 3.36. The number of hydrogen-bond acceptors (Lipinski definition) is 3. The number of carbonyl (C=O) groups excluding carboxylic acids is 1. The molecule has 3 nitrogen and oxygen atoms in total. The first-order chi connectivity index (χ1) is 9.74. The van der Waals surface area contributed by atoms with Crippen LogP contribution in [-0.4, -0.2) is 35.0 Å². The van der Waals surface area contributed by atoms with Crippen LogP contribution in [0.4, 0.5) is 0 Å². The van der Waals surface area contributed by atoms with Gasteiger partial charge in [-0.3, -0.25) is 10.1 Å². The van der Waals surface area contributed by atoms with E-state index in [0.29, 0.717) is 11.4 Å². The van der Waals surface area contributed by atoms with Crippen LogP contribution in [0.2, 0.25) is 0 Å². The highest BCUT2D eigenvalue weighted by Gasteiger charge is 2.40. The average molecular weight is 290 g/mol. The van der Waals surface area contributed by atoms with Gasteiger partial charge in [0, 0.05) is 11.3 Å². The Morgan fingerprint density at radius 2 is 2.00 bits per heavy atom. The zero-order valence-corrected chi connectivity index (χ0v) is 12.8. The minimum absolute atomic E-state index is 0.156. The molecule has 1 saturated heterocycles. The zero-order chi connectivity index (χ0) is 14.0. The van der Waals surface area contributed by atoms with E-state index in [0.717, 1.165) is 12.1 Å². The maximum Gasteiger partial charge on any atom is 0.245 e. The molecule has 1 aromatic carbocycles. The van der Waals surface area contributed by atoms with Gasteiger partial charge in [0.1, 0.15) is 6.04 Å². The van der Waals surface area contributed by atoms with E-state index >= 15 is 0 Å². The smallest absolute Gasteiger partial charge is 0.245 e. The highest BCUT2D eigenvalue weighted by atomic mass is 32.2. The summed E-state index contributed by atoms with van der Waals surface area (Å²) in [4.78, 5) is 14.6. The number of amides is 1. The molecule has 1 heterocycles. The largest absolute Gasteiger partial charge is 0.327 e. The maximum absolute atomic E-state index is 12.6. The van der Waals surface area contributed by atoms with Gasteiger partial charge in [-0.05, 0) is 24.7 Å². The van der Waals surface area contributed by atoms with Crippen LogP contribution in [0.25, 0.3) is 0 Å². The van der Waals surface area contributed by atoms with Crippen LogP contribution in [0, 0.1) is 0 Å². The molecule has 3 rings (SSSR count). The Labute approximate surface area is 125 Å². The Kier molecular flexibility index (Phi) is 4.03. The number of rotatable bonds is 4. The van der Waals surface area contributed by atoms with Gasteiger partial charge in [-0.25, -0.2) is 0 Å². The SMILES string of the molecule is CSC1(CN2CNC(c3ccccc3)C2=O)CCCC1. The lowest BCUT2D eigenvalue weighted by atomic mass is 10.1. The van der Waals surface area contributed by atoms with Crippen molar-refractivity contribution < 1.29 is 4.79 Å². The number of carbonyl (C=O) groups is 1. The molecule has 1 amide bonds. The molecule has 4 heteroatoms. The summed E-state index contributed by atoms with van der Waals surface area (Å²) in [6, 6.07) is 9.87. The normalized spacial score (nSPS) is 25.4. The molecule has 2 aliphatic rings. The van der Waals surface area contributed by atoms with Gasteiger partial charge in [-0.2, -0.15) is 11.8 Å². The number of thioether (sulfide) groups is 1. The quantitative estimate of drug-likeness (QED) is 0.925. The predicted molar refractivity (Wildman–Crippen MR) is 83.6 cm³/mol. The lowest BCUT2D eigenvalue weighted by Crippen LogP contribution is -2.40. The van der Waals surface area contributed by atoms with E-state index in [1.165, 1.54) is 25.7 Å². The first-order valence-corrected chi connectivity index (χ1v) is 8.59. The first kappa shape index (κ1) is 14.0. The second kappa shape index (κ2) is 5.78. The van der Waals surface area contributed by atoms with Gasteiger partial charge < -0.3 is 4.90 Å². The van der Waals surface area contributed by atoms with Crippen LogP contribution in [0.1, 0.15) is 37.3 Å². The van der Waals surface area contributed by atoms with Gasteiger partial charge in [-0.15, -0.1) is 0 Å². The molecule has 20 heavy (non-hydrogen) atoms. The third-order valence-electron chi connectivity index (χ3n) is 4.60. The number of benzene rings is 1. The predicted octanol–water partition coefficient (Wildman–Crippen LogP) is 2.79. The van der Waals surface area contributed by atoms with Gasteiger partial charge >= 0.3 is 0 Å². The second-order valence-corrected chi connectivity index (χ2v) is 7.11. The molecule has 1 saturated carbocycles. The summed E-state index contributed by atoms with van der Waals surface area (Å²) >= 11 is 1.94. The molecular weight excluding hydrogens is 268 g/mol. The molecule has 0 radical (unpaired) electrons. The Morgan fingerprint density at radius 1 is 1.30 bits per heavy atom. The topological polar surface area (TPSA) is 32.3 Å². The maximum atomic E-state index is 12.6. The van der Waals surface area contributed by atoms with E-state index in [4.69, 9.17) is 0 Å². The van der Waals surface area contributed by atoms with E-state index in [1.807, 2.05) is 47.0 Å². The van der Waals surface area contributed by atoms with Crippen LogP contribution in [0.15, 0.2) is 30.3 Å². The van der Waals surface area contributed by atoms with Crippen molar-refractivity contribution >= 4 is 17.7 Å². The van der Waals surface area contributed by atoms with E-state index in [2.05, 4.69) is 11.6 Å². The lowest BCUT2D eigenvalue weighted by molar-refractivity contribution is -0.129. The van der Waals surface area contributed by atoms with Gasteiger partial charge in [0.05, 0.1) is 6.67 Å². The fraction of sp³-hybridized carbons (Fsp3) is 0.562. The standard InChI is InChI=1S/C16H22N2OS/c1-20-16(9-5-6-10-16)11-18-12-17-14(15(18)19)13-7-3-2-4-8-13/h2-4,7-8,14,17H,5-6,9-12H2,1H3. The lowest BCUT2D eigenvalue weighted by Gasteiger charge is -2.31. The molecule has 2 fully saturated rings. The first-order valence-electron chi connectivity index (χ1n) is 7.36. The minimum Gasteiger partial charge on any atom is -0.327 e. The monoisotopic (exact) mass is 290 g/mol. The van der Waals surface area contributed by atoms with Gasteiger partial charge in [-0.1, -0.05) is 43.2 Å². The molecule has 1 atom stereocenters. The van der Waals surface area contributed by atoms with Crippen molar-refractivity contribution in [2.24, 2.45) is 0 Å². The van der Waals surface area contributed by atoms with Crippen molar-refractivity contribution in [1.29, 1.82) is 0 Å². The molecule has 0 aromatic heterocycles. The molecule has 108 valence electrons. The van der Waals surface area contributed by atoms with Crippen molar-refractivity contribution in [3.63, 3.8) is 0 Å². The number of nitrogens with one attached hydrogen (secondary N) is 1. The van der Waals surface area contributed by atoms with Crippen molar-refractivity contribution in [3.05, 3.63) is 35.9 Å². The Bertz CT molecular complexity index is 471. The highest BCUT2D eigenvalue weighted by Crippen LogP contribution is 2.41. The van der Waals surface area contributed by atoms with Crippen molar-refractivity contribution in [2.45, 2.75) is 36.5 Å². The molecule has 1 aliphatic carbocycles. The van der Waals surface area contributed by atoms with E-state index in [-0.39, 0.29) is 11.9 Å². The van der Waals surface area contributed by atoms with Crippen LogP contribution in [0.3, 0.4) is 0 Å². The highest BCUT2D eigenvalue weighted by molar-refractivity contribution is 8.00. The van der Waals surface area contributed by atoms with Crippen LogP contribution in [0.5, 0.6) is 0 Å². The summed E-state index contributed by atoms with van der Waals surface area (Å²) in [7, 11) is 0. The van der Waals surface area contributed by atoms with Crippen molar-refractivity contribution in [3.8, 4) is 0 Å². The number of nitrogens with zero attached hydrogens (tertiary/aromatic N) is 1.